The van der Waals surface area contributed by atoms with E-state index in [2.05, 4.69) is 47.9 Å². The van der Waals surface area contributed by atoms with Gasteiger partial charge in [-0.2, -0.15) is 10.4 Å². The van der Waals surface area contributed by atoms with Crippen molar-refractivity contribution in [2.75, 3.05) is 46.0 Å². The zero-order chi connectivity index (χ0) is 28.6. The van der Waals surface area contributed by atoms with Gasteiger partial charge < -0.3 is 9.47 Å². The summed E-state index contributed by atoms with van der Waals surface area (Å²) in [5, 5.41) is 23.4. The summed E-state index contributed by atoms with van der Waals surface area (Å²) in [5.74, 6) is 0.173. The molecule has 0 amide bonds. The van der Waals surface area contributed by atoms with Gasteiger partial charge in [-0.05, 0) is 63.9 Å². The smallest absolute Gasteiger partial charge is 0.147 e. The molecule has 0 aromatic carbocycles. The van der Waals surface area contributed by atoms with Crippen LogP contribution in [-0.4, -0.2) is 91.4 Å². The second-order valence-electron chi connectivity index (χ2n) is 11.5. The van der Waals surface area contributed by atoms with Crippen LogP contribution < -0.4 is 4.74 Å². The number of pyridine rings is 2. The van der Waals surface area contributed by atoms with Crippen LogP contribution in [0.5, 0.6) is 5.75 Å². The maximum atomic E-state index is 13.7. The molecular weight excluding hydrogens is 537 g/mol. The minimum Gasteiger partial charge on any atom is -0.489 e. The van der Waals surface area contributed by atoms with Gasteiger partial charge in [0, 0.05) is 24.8 Å². The summed E-state index contributed by atoms with van der Waals surface area (Å²) in [6.45, 7) is 7.94. The number of fused-ring (bicyclic) bond motifs is 1. The van der Waals surface area contributed by atoms with Crippen LogP contribution in [0, 0.1) is 24.1 Å². The van der Waals surface area contributed by atoms with Gasteiger partial charge in [0.1, 0.15) is 41.0 Å². The Hall–Kier alpha value is -3.92. The van der Waals surface area contributed by atoms with Gasteiger partial charge in [-0.3, -0.25) is 14.8 Å². The quantitative estimate of drug-likeness (QED) is 0.314. The fourth-order valence-corrected chi connectivity index (χ4v) is 6.47. The van der Waals surface area contributed by atoms with Crippen molar-refractivity contribution in [3.8, 4) is 23.1 Å². The molecule has 0 bridgehead atoms. The SMILES string of the molecule is Cc1c(-c2cc(OCC(c3ccc(F)cn3)N3CCCC3)c3c(C#N)cnn3c2)nnn1C1CCN(C2COC2)CC1. The molecule has 0 saturated carbocycles. The predicted octanol–water partition coefficient (Wildman–Crippen LogP) is 3.56. The van der Waals surface area contributed by atoms with E-state index in [1.165, 1.54) is 12.3 Å². The topological polar surface area (TPSA) is 110 Å². The number of likely N-dealkylation sites (tertiary alicyclic amines) is 2. The molecule has 3 aliphatic heterocycles. The highest BCUT2D eigenvalue weighted by atomic mass is 19.1. The van der Waals surface area contributed by atoms with Gasteiger partial charge >= 0.3 is 0 Å². The van der Waals surface area contributed by atoms with E-state index in [0.29, 0.717) is 35.5 Å². The standard InChI is InChI=1S/C30H34FN9O2/c1-20-29(35-36-40(20)24-6-10-37(11-7-24)25-17-41-18-25)21-12-28(30-22(13-32)14-34-39(30)16-21)42-19-27(38-8-2-3-9-38)26-5-4-23(31)15-33-26/h4-5,12,14-16,24-25,27H,2-3,6-11,17-19H2,1H3. The van der Waals surface area contributed by atoms with Crippen LogP contribution in [0.25, 0.3) is 16.8 Å². The molecule has 0 spiro atoms. The summed E-state index contributed by atoms with van der Waals surface area (Å²) in [6, 6.07) is 8.02. The van der Waals surface area contributed by atoms with E-state index in [9.17, 15) is 9.65 Å². The Bertz CT molecular complexity index is 1590. The van der Waals surface area contributed by atoms with E-state index in [0.717, 1.165) is 87.7 Å². The molecule has 12 heteroatoms. The lowest BCUT2D eigenvalue weighted by molar-refractivity contribution is -0.0735. The van der Waals surface area contributed by atoms with Crippen molar-refractivity contribution in [3.63, 3.8) is 0 Å². The molecule has 1 atom stereocenters. The Morgan fingerprint density at radius 1 is 1.12 bits per heavy atom. The van der Waals surface area contributed by atoms with Crippen LogP contribution in [0.4, 0.5) is 4.39 Å². The Morgan fingerprint density at radius 2 is 1.93 bits per heavy atom. The van der Waals surface area contributed by atoms with E-state index in [1.807, 2.05) is 12.3 Å². The van der Waals surface area contributed by atoms with Crippen LogP contribution in [0.2, 0.25) is 0 Å². The molecule has 4 aromatic rings. The van der Waals surface area contributed by atoms with E-state index < -0.39 is 0 Å². The predicted molar refractivity (Wildman–Crippen MR) is 151 cm³/mol. The molecule has 7 rings (SSSR count). The zero-order valence-electron chi connectivity index (χ0n) is 23.7. The van der Waals surface area contributed by atoms with Gasteiger partial charge in [0.25, 0.3) is 0 Å². The molecule has 11 nitrogen and oxygen atoms in total. The molecule has 42 heavy (non-hydrogen) atoms. The van der Waals surface area contributed by atoms with Crippen molar-refractivity contribution in [1.82, 2.24) is 39.4 Å². The molecule has 7 heterocycles. The lowest BCUT2D eigenvalue weighted by Crippen LogP contribution is -2.52. The molecule has 3 fully saturated rings. The van der Waals surface area contributed by atoms with E-state index >= 15 is 0 Å². The van der Waals surface area contributed by atoms with Crippen molar-refractivity contribution in [2.45, 2.75) is 50.7 Å². The molecule has 1 unspecified atom stereocenters. The summed E-state index contributed by atoms with van der Waals surface area (Å²) >= 11 is 0. The molecule has 3 saturated heterocycles. The summed E-state index contributed by atoms with van der Waals surface area (Å²) < 4.78 is 29.3. The summed E-state index contributed by atoms with van der Waals surface area (Å²) in [6.07, 6.45) is 8.92. The van der Waals surface area contributed by atoms with Gasteiger partial charge in [-0.1, -0.05) is 5.21 Å². The first kappa shape index (κ1) is 26.9. The minimum atomic E-state index is -0.367. The molecule has 0 radical (unpaired) electrons. The average molecular weight is 572 g/mol. The van der Waals surface area contributed by atoms with E-state index in [-0.39, 0.29) is 11.9 Å². The van der Waals surface area contributed by atoms with Crippen LogP contribution in [0.15, 0.2) is 36.8 Å². The average Bonchev–Trinajstić information content (AvgIpc) is 3.74. The third-order valence-electron chi connectivity index (χ3n) is 8.95. The molecule has 218 valence electrons. The van der Waals surface area contributed by atoms with Crippen LogP contribution in [0.1, 0.15) is 54.7 Å². The van der Waals surface area contributed by atoms with Crippen LogP contribution in [0.3, 0.4) is 0 Å². The van der Waals surface area contributed by atoms with E-state index in [1.54, 1.807) is 16.8 Å². The van der Waals surface area contributed by atoms with Crippen LogP contribution in [-0.2, 0) is 4.74 Å². The highest BCUT2D eigenvalue weighted by Crippen LogP contribution is 2.34. The van der Waals surface area contributed by atoms with Crippen molar-refractivity contribution in [3.05, 3.63) is 59.6 Å². The lowest BCUT2D eigenvalue weighted by atomic mass is 10.0. The largest absolute Gasteiger partial charge is 0.489 e. The zero-order valence-corrected chi connectivity index (χ0v) is 23.7. The Morgan fingerprint density at radius 3 is 2.62 bits per heavy atom. The highest BCUT2D eigenvalue weighted by Gasteiger charge is 2.32. The molecule has 3 aliphatic rings. The fraction of sp³-hybridized carbons (Fsp3) is 0.500. The molecule has 0 aliphatic carbocycles. The molecular formula is C30H34FN9O2. The number of halogens is 1. The maximum Gasteiger partial charge on any atom is 0.147 e. The van der Waals surface area contributed by atoms with Gasteiger partial charge in [0.15, 0.2) is 0 Å². The number of nitriles is 1. The number of aromatic nitrogens is 6. The normalized spacial score (nSPS) is 19.6. The Kier molecular flexibility index (Phi) is 7.31. The number of rotatable bonds is 8. The van der Waals surface area contributed by atoms with Crippen LogP contribution >= 0.6 is 0 Å². The number of hydrogen-bond donors (Lipinski definition) is 0. The third kappa shape index (κ3) is 5.02. The highest BCUT2D eigenvalue weighted by molar-refractivity contribution is 5.74. The monoisotopic (exact) mass is 571 g/mol. The number of piperidine rings is 1. The van der Waals surface area contributed by atoms with Gasteiger partial charge in [0.05, 0.1) is 55.1 Å². The van der Waals surface area contributed by atoms with Gasteiger partial charge in [0.2, 0.25) is 0 Å². The second-order valence-corrected chi connectivity index (χ2v) is 11.5. The third-order valence-corrected chi connectivity index (χ3v) is 8.95. The molecule has 0 N–H and O–H groups in total. The number of ether oxygens (including phenoxy) is 2. The first-order valence-corrected chi connectivity index (χ1v) is 14.7. The second kappa shape index (κ2) is 11.4. The van der Waals surface area contributed by atoms with Crippen molar-refractivity contribution in [2.24, 2.45) is 0 Å². The fourth-order valence-electron chi connectivity index (χ4n) is 6.47. The van der Waals surface area contributed by atoms with Gasteiger partial charge in [-0.15, -0.1) is 5.10 Å². The van der Waals surface area contributed by atoms with Gasteiger partial charge in [-0.25, -0.2) is 13.6 Å². The number of hydrogen-bond acceptors (Lipinski definition) is 9. The first-order valence-electron chi connectivity index (χ1n) is 14.7. The van der Waals surface area contributed by atoms with Crippen molar-refractivity contribution >= 4 is 5.52 Å². The Balaban J connectivity index is 1.17. The first-order chi connectivity index (χ1) is 20.6. The summed E-state index contributed by atoms with van der Waals surface area (Å²) in [5.41, 5.74) is 4.36. The maximum absolute atomic E-state index is 13.7. The summed E-state index contributed by atoms with van der Waals surface area (Å²) in [4.78, 5) is 9.21. The van der Waals surface area contributed by atoms with Crippen molar-refractivity contribution in [1.29, 1.82) is 5.26 Å². The lowest BCUT2D eigenvalue weighted by Gasteiger charge is -2.41. The van der Waals surface area contributed by atoms with Crippen molar-refractivity contribution < 1.29 is 13.9 Å². The Labute approximate surface area is 243 Å². The molecule has 4 aromatic heterocycles. The minimum absolute atomic E-state index is 0.148. The number of nitrogens with zero attached hydrogens (tertiary/aromatic N) is 9. The summed E-state index contributed by atoms with van der Waals surface area (Å²) in [7, 11) is 0. The van der Waals surface area contributed by atoms with E-state index in [4.69, 9.17) is 9.47 Å².